The molecule has 0 bridgehead atoms. The van der Waals surface area contributed by atoms with Crippen LogP contribution in [0.4, 0.5) is 0 Å². The van der Waals surface area contributed by atoms with Gasteiger partial charge in [0.25, 0.3) is 5.91 Å². The van der Waals surface area contributed by atoms with Gasteiger partial charge in [-0.3, -0.25) is 9.69 Å². The molecular weight excluding hydrogens is 298 g/mol. The lowest BCUT2D eigenvalue weighted by Gasteiger charge is -2.34. The van der Waals surface area contributed by atoms with Crippen LogP contribution in [0.15, 0.2) is 36.4 Å². The summed E-state index contributed by atoms with van der Waals surface area (Å²) < 4.78 is 0. The second kappa shape index (κ2) is 6.52. The molecule has 3 heterocycles. The lowest BCUT2D eigenvalue weighted by atomic mass is 10.0. The maximum atomic E-state index is 13.1. The highest BCUT2D eigenvalue weighted by Gasteiger charge is 2.39. The number of benzene rings is 1. The van der Waals surface area contributed by atoms with Gasteiger partial charge in [-0.1, -0.05) is 31.2 Å². The Hall–Kier alpha value is -1.94. The first-order valence-corrected chi connectivity index (χ1v) is 9.18. The van der Waals surface area contributed by atoms with Crippen LogP contribution >= 0.6 is 0 Å². The standard InChI is InChI=1S/C20H25N3O/c1-2-22-13-5-9-18(22)19-10-6-14-23(19)20(24)17-12-11-15-7-3-4-8-16(15)21-17/h3-4,7-8,11-12,18-19H,2,5-6,9-10,13-14H2,1H3/t18-,19-/m1/s1. The number of fused-ring (bicyclic) bond motifs is 1. The number of carbonyl (C=O) groups is 1. The number of likely N-dealkylation sites (tertiary alicyclic amines) is 2. The molecule has 1 aromatic heterocycles. The summed E-state index contributed by atoms with van der Waals surface area (Å²) in [5.41, 5.74) is 1.48. The van der Waals surface area contributed by atoms with Crippen LogP contribution in [0.5, 0.6) is 0 Å². The van der Waals surface area contributed by atoms with E-state index in [1.807, 2.05) is 36.4 Å². The van der Waals surface area contributed by atoms with Crippen molar-refractivity contribution in [2.24, 2.45) is 0 Å². The number of amides is 1. The van der Waals surface area contributed by atoms with Gasteiger partial charge in [0.1, 0.15) is 5.69 Å². The van der Waals surface area contributed by atoms with E-state index in [2.05, 4.69) is 21.7 Å². The molecule has 0 radical (unpaired) electrons. The van der Waals surface area contributed by atoms with Crippen molar-refractivity contribution in [3.8, 4) is 0 Å². The Bertz CT molecular complexity index is 744. The fourth-order valence-corrected chi connectivity index (χ4v) is 4.46. The number of para-hydroxylation sites is 1. The molecule has 2 fully saturated rings. The molecule has 2 atom stereocenters. The van der Waals surface area contributed by atoms with Gasteiger partial charge >= 0.3 is 0 Å². The fourth-order valence-electron chi connectivity index (χ4n) is 4.46. The van der Waals surface area contributed by atoms with Crippen LogP contribution in [-0.2, 0) is 0 Å². The summed E-state index contributed by atoms with van der Waals surface area (Å²) in [5, 5.41) is 1.08. The third-order valence-electron chi connectivity index (χ3n) is 5.64. The van der Waals surface area contributed by atoms with Crippen molar-refractivity contribution in [2.75, 3.05) is 19.6 Å². The van der Waals surface area contributed by atoms with E-state index in [4.69, 9.17) is 0 Å². The zero-order chi connectivity index (χ0) is 16.5. The molecule has 1 amide bonds. The van der Waals surface area contributed by atoms with Gasteiger partial charge in [-0.2, -0.15) is 0 Å². The van der Waals surface area contributed by atoms with Gasteiger partial charge in [0.2, 0.25) is 0 Å². The van der Waals surface area contributed by atoms with E-state index in [0.717, 1.165) is 36.8 Å². The van der Waals surface area contributed by atoms with Crippen molar-refractivity contribution < 1.29 is 4.79 Å². The number of hydrogen-bond acceptors (Lipinski definition) is 3. The molecule has 0 N–H and O–H groups in total. The Balaban J connectivity index is 1.60. The third kappa shape index (κ3) is 2.69. The van der Waals surface area contributed by atoms with E-state index < -0.39 is 0 Å². The predicted molar refractivity (Wildman–Crippen MR) is 96.1 cm³/mol. The minimum atomic E-state index is 0.103. The van der Waals surface area contributed by atoms with Crippen LogP contribution < -0.4 is 0 Å². The molecule has 4 rings (SSSR count). The molecule has 0 spiro atoms. The number of pyridine rings is 1. The molecule has 0 unspecified atom stereocenters. The van der Waals surface area contributed by atoms with Crippen LogP contribution in [0.1, 0.15) is 43.1 Å². The van der Waals surface area contributed by atoms with Crippen LogP contribution in [-0.4, -0.2) is 52.4 Å². The summed E-state index contributed by atoms with van der Waals surface area (Å²) in [4.78, 5) is 22.4. The van der Waals surface area contributed by atoms with E-state index in [1.165, 1.54) is 19.4 Å². The van der Waals surface area contributed by atoms with Crippen molar-refractivity contribution >= 4 is 16.8 Å². The molecule has 4 heteroatoms. The first-order valence-electron chi connectivity index (χ1n) is 9.18. The van der Waals surface area contributed by atoms with Gasteiger partial charge in [-0.15, -0.1) is 0 Å². The lowest BCUT2D eigenvalue weighted by Crippen LogP contribution is -2.48. The Labute approximate surface area is 143 Å². The molecule has 2 aliphatic heterocycles. The normalized spacial score (nSPS) is 24.8. The zero-order valence-electron chi connectivity index (χ0n) is 14.3. The number of nitrogens with zero attached hydrogens (tertiary/aromatic N) is 3. The van der Waals surface area contributed by atoms with Crippen molar-refractivity contribution in [2.45, 2.75) is 44.7 Å². The molecular formula is C20H25N3O. The number of aromatic nitrogens is 1. The van der Waals surface area contributed by atoms with E-state index in [9.17, 15) is 4.79 Å². The largest absolute Gasteiger partial charge is 0.333 e. The highest BCUT2D eigenvalue weighted by molar-refractivity contribution is 5.95. The molecule has 4 nitrogen and oxygen atoms in total. The molecule has 2 saturated heterocycles. The summed E-state index contributed by atoms with van der Waals surface area (Å²) in [6.07, 6.45) is 4.71. The molecule has 24 heavy (non-hydrogen) atoms. The van der Waals surface area contributed by atoms with Crippen LogP contribution in [0, 0.1) is 0 Å². The summed E-state index contributed by atoms with van der Waals surface area (Å²) in [6, 6.07) is 12.8. The molecule has 2 aromatic rings. The van der Waals surface area contributed by atoms with E-state index in [-0.39, 0.29) is 5.91 Å². The second-order valence-corrected chi connectivity index (χ2v) is 6.94. The highest BCUT2D eigenvalue weighted by Crippen LogP contribution is 2.30. The van der Waals surface area contributed by atoms with Crippen molar-refractivity contribution in [1.29, 1.82) is 0 Å². The maximum absolute atomic E-state index is 13.1. The third-order valence-corrected chi connectivity index (χ3v) is 5.64. The van der Waals surface area contributed by atoms with Crippen molar-refractivity contribution in [1.82, 2.24) is 14.8 Å². The first kappa shape index (κ1) is 15.6. The lowest BCUT2D eigenvalue weighted by molar-refractivity contribution is 0.0644. The number of likely N-dealkylation sites (N-methyl/N-ethyl adjacent to an activating group) is 1. The van der Waals surface area contributed by atoms with Gasteiger partial charge in [0.05, 0.1) is 5.52 Å². The van der Waals surface area contributed by atoms with Gasteiger partial charge < -0.3 is 4.90 Å². The Kier molecular flexibility index (Phi) is 4.23. The van der Waals surface area contributed by atoms with Gasteiger partial charge in [0.15, 0.2) is 0 Å². The predicted octanol–water partition coefficient (Wildman–Crippen LogP) is 3.32. The topological polar surface area (TPSA) is 36.4 Å². The van der Waals surface area contributed by atoms with Crippen LogP contribution in [0.2, 0.25) is 0 Å². The zero-order valence-corrected chi connectivity index (χ0v) is 14.3. The second-order valence-electron chi connectivity index (χ2n) is 6.94. The smallest absolute Gasteiger partial charge is 0.272 e. The number of rotatable bonds is 3. The summed E-state index contributed by atoms with van der Waals surface area (Å²) in [7, 11) is 0. The Morgan fingerprint density at radius 3 is 2.75 bits per heavy atom. The van der Waals surface area contributed by atoms with Gasteiger partial charge in [-0.05, 0) is 50.9 Å². The molecule has 2 aliphatic rings. The summed E-state index contributed by atoms with van der Waals surface area (Å²) in [5.74, 6) is 0.103. The summed E-state index contributed by atoms with van der Waals surface area (Å²) >= 11 is 0. The van der Waals surface area contributed by atoms with Crippen molar-refractivity contribution in [3.05, 3.63) is 42.1 Å². The van der Waals surface area contributed by atoms with E-state index in [0.29, 0.717) is 17.8 Å². The van der Waals surface area contributed by atoms with E-state index in [1.54, 1.807) is 0 Å². The highest BCUT2D eigenvalue weighted by atomic mass is 16.2. The number of carbonyl (C=O) groups excluding carboxylic acids is 1. The fraction of sp³-hybridized carbons (Fsp3) is 0.500. The number of hydrogen-bond donors (Lipinski definition) is 0. The molecule has 126 valence electrons. The Morgan fingerprint density at radius 1 is 1.08 bits per heavy atom. The average Bonchev–Trinajstić information content (AvgIpc) is 3.28. The average molecular weight is 323 g/mol. The quantitative estimate of drug-likeness (QED) is 0.869. The van der Waals surface area contributed by atoms with Gasteiger partial charge in [0, 0.05) is 24.0 Å². The molecule has 0 saturated carbocycles. The van der Waals surface area contributed by atoms with Crippen LogP contribution in [0.25, 0.3) is 10.9 Å². The SMILES string of the molecule is CCN1CCC[C@@H]1[C@H]1CCCN1C(=O)c1ccc2ccccc2n1. The molecule has 0 aliphatic carbocycles. The minimum Gasteiger partial charge on any atom is -0.333 e. The first-order chi connectivity index (χ1) is 11.8. The minimum absolute atomic E-state index is 0.103. The molecule has 1 aromatic carbocycles. The Morgan fingerprint density at radius 2 is 1.88 bits per heavy atom. The monoisotopic (exact) mass is 323 g/mol. The van der Waals surface area contributed by atoms with Crippen molar-refractivity contribution in [3.63, 3.8) is 0 Å². The van der Waals surface area contributed by atoms with Crippen LogP contribution in [0.3, 0.4) is 0 Å². The maximum Gasteiger partial charge on any atom is 0.272 e. The summed E-state index contributed by atoms with van der Waals surface area (Å²) in [6.45, 7) is 5.35. The van der Waals surface area contributed by atoms with E-state index >= 15 is 0 Å². The van der Waals surface area contributed by atoms with Gasteiger partial charge in [-0.25, -0.2) is 4.98 Å².